The molecule has 0 saturated heterocycles. The lowest BCUT2D eigenvalue weighted by atomic mass is 9.51. The molecule has 1 aromatic carbocycles. The zero-order chi connectivity index (χ0) is 14.6. The number of methoxy groups -OCH3 is 1. The molecule has 4 aliphatic carbocycles. The fraction of sp³-hybridized carbons (Fsp3) is 0.667. The van der Waals surface area contributed by atoms with Gasteiger partial charge in [0.05, 0.1) is 7.11 Å². The van der Waals surface area contributed by atoms with Crippen LogP contribution in [0.15, 0.2) is 18.2 Å². The van der Waals surface area contributed by atoms with Crippen LogP contribution in [-0.2, 0) is 0 Å². The van der Waals surface area contributed by atoms with Gasteiger partial charge in [0.15, 0.2) is 0 Å². The first-order valence-corrected chi connectivity index (χ1v) is 9.04. The Kier molecular flexibility index (Phi) is 3.52. The molecule has 0 N–H and O–H groups in total. The van der Waals surface area contributed by atoms with Gasteiger partial charge in [0.2, 0.25) is 0 Å². The normalized spacial score (nSPS) is 38.5. The molecule has 21 heavy (non-hydrogen) atoms. The van der Waals surface area contributed by atoms with Crippen molar-refractivity contribution in [2.45, 2.75) is 36.9 Å². The van der Waals surface area contributed by atoms with Gasteiger partial charge in [-0.15, -0.1) is 0 Å². The fourth-order valence-electron chi connectivity index (χ4n) is 5.57. The average Bonchev–Trinajstić information content (AvgIpc) is 2.46. The number of ether oxygens (including phenoxy) is 1. The lowest BCUT2D eigenvalue weighted by Crippen LogP contribution is -2.46. The summed E-state index contributed by atoms with van der Waals surface area (Å²) in [6.45, 7) is 0. The molecule has 0 radical (unpaired) electrons. The maximum atomic E-state index is 13.7. The van der Waals surface area contributed by atoms with Crippen LogP contribution in [0.25, 0.3) is 0 Å². The molecule has 4 aliphatic rings. The molecule has 114 valence electrons. The number of hydrogen-bond acceptors (Lipinski definition) is 1. The molecule has 3 heteroatoms. The maximum Gasteiger partial charge on any atom is 0.123 e. The average molecular weight is 353 g/mol. The van der Waals surface area contributed by atoms with Crippen LogP contribution in [0.1, 0.15) is 42.5 Å². The van der Waals surface area contributed by atoms with Gasteiger partial charge in [0.25, 0.3) is 0 Å². The monoisotopic (exact) mass is 352 g/mol. The highest BCUT2D eigenvalue weighted by Crippen LogP contribution is 2.61. The van der Waals surface area contributed by atoms with Crippen LogP contribution in [0.3, 0.4) is 0 Å². The summed E-state index contributed by atoms with van der Waals surface area (Å²) in [6.07, 6.45) is 7.01. The van der Waals surface area contributed by atoms with E-state index in [1.165, 1.54) is 38.2 Å². The minimum atomic E-state index is -0.168. The zero-order valence-electron chi connectivity index (χ0n) is 12.4. The predicted molar refractivity (Wildman–Crippen MR) is 85.2 cm³/mol. The molecule has 1 atom stereocenters. The second-order valence-corrected chi connectivity index (χ2v) is 8.28. The van der Waals surface area contributed by atoms with Crippen LogP contribution in [0.2, 0.25) is 0 Å². The molecule has 0 aromatic heterocycles. The van der Waals surface area contributed by atoms with Crippen molar-refractivity contribution < 1.29 is 9.13 Å². The third kappa shape index (κ3) is 2.32. The second kappa shape index (κ2) is 5.26. The Hall–Kier alpha value is -0.570. The van der Waals surface area contributed by atoms with Gasteiger partial charge in [-0.2, -0.15) is 0 Å². The van der Waals surface area contributed by atoms with Crippen LogP contribution in [0, 0.1) is 35.4 Å². The van der Waals surface area contributed by atoms with E-state index in [2.05, 4.69) is 15.9 Å². The van der Waals surface area contributed by atoms with E-state index in [0.717, 1.165) is 35.0 Å². The van der Waals surface area contributed by atoms with Crippen molar-refractivity contribution in [2.24, 2.45) is 29.6 Å². The number of rotatable bonds is 3. The predicted octanol–water partition coefficient (Wildman–Crippen LogP) is 5.34. The summed E-state index contributed by atoms with van der Waals surface area (Å²) in [5.41, 5.74) is 0.995. The van der Waals surface area contributed by atoms with Gasteiger partial charge in [-0.1, -0.05) is 15.9 Å². The van der Waals surface area contributed by atoms with Gasteiger partial charge in [-0.25, -0.2) is 4.39 Å². The Morgan fingerprint density at radius 3 is 2.29 bits per heavy atom. The second-order valence-electron chi connectivity index (χ2n) is 7.30. The molecular weight excluding hydrogens is 331 g/mol. The minimum absolute atomic E-state index is 0.168. The topological polar surface area (TPSA) is 9.23 Å². The third-order valence-corrected chi connectivity index (χ3v) is 7.23. The van der Waals surface area contributed by atoms with Gasteiger partial charge in [-0.05, 0) is 79.9 Å². The highest BCUT2D eigenvalue weighted by atomic mass is 79.9. The number of halogens is 2. The molecule has 1 aromatic rings. The molecule has 4 fully saturated rings. The number of alkyl halides is 1. The summed E-state index contributed by atoms with van der Waals surface area (Å²) >= 11 is 3.92. The summed E-state index contributed by atoms with van der Waals surface area (Å²) in [5, 5.41) is 0. The van der Waals surface area contributed by atoms with E-state index in [1.807, 2.05) is 0 Å². The largest absolute Gasteiger partial charge is 0.496 e. The molecular formula is C18H22BrFO. The van der Waals surface area contributed by atoms with E-state index < -0.39 is 0 Å². The smallest absolute Gasteiger partial charge is 0.123 e. The highest BCUT2D eigenvalue weighted by molar-refractivity contribution is 9.09. The van der Waals surface area contributed by atoms with Crippen LogP contribution in [-0.4, -0.2) is 7.11 Å². The molecule has 1 unspecified atom stereocenters. The van der Waals surface area contributed by atoms with Crippen molar-refractivity contribution >= 4 is 15.9 Å². The number of benzene rings is 1. The molecule has 0 heterocycles. The van der Waals surface area contributed by atoms with E-state index in [0.29, 0.717) is 5.92 Å². The van der Waals surface area contributed by atoms with Crippen molar-refractivity contribution in [3.05, 3.63) is 29.6 Å². The minimum Gasteiger partial charge on any atom is -0.496 e. The maximum absolute atomic E-state index is 13.7. The molecule has 4 saturated carbocycles. The van der Waals surface area contributed by atoms with E-state index in [9.17, 15) is 4.39 Å². The quantitative estimate of drug-likeness (QED) is 0.667. The van der Waals surface area contributed by atoms with Gasteiger partial charge < -0.3 is 4.74 Å². The Labute approximate surface area is 134 Å². The molecule has 5 rings (SSSR count). The zero-order valence-corrected chi connectivity index (χ0v) is 14.0. The van der Waals surface area contributed by atoms with Crippen molar-refractivity contribution in [2.75, 3.05) is 7.11 Å². The van der Waals surface area contributed by atoms with Crippen molar-refractivity contribution in [1.82, 2.24) is 0 Å². The first-order chi connectivity index (χ1) is 10.2. The fourth-order valence-corrected chi connectivity index (χ4v) is 6.79. The van der Waals surface area contributed by atoms with Crippen molar-refractivity contribution in [3.63, 3.8) is 0 Å². The molecule has 1 nitrogen and oxygen atoms in total. The summed E-state index contributed by atoms with van der Waals surface area (Å²) in [4.78, 5) is 0.221. The highest BCUT2D eigenvalue weighted by Gasteiger charge is 2.50. The molecule has 0 amide bonds. The molecule has 0 spiro atoms. The van der Waals surface area contributed by atoms with Crippen LogP contribution in [0.5, 0.6) is 5.75 Å². The van der Waals surface area contributed by atoms with Gasteiger partial charge in [-0.3, -0.25) is 0 Å². The Bertz CT molecular complexity index is 516. The Balaban J connectivity index is 1.66. The van der Waals surface area contributed by atoms with Gasteiger partial charge >= 0.3 is 0 Å². The summed E-state index contributed by atoms with van der Waals surface area (Å²) < 4.78 is 19.2. The SMILES string of the molecule is COc1ccc(F)cc1C(Br)C1C2CC3CC(C2)CC1C3. The van der Waals surface area contributed by atoms with E-state index >= 15 is 0 Å². The van der Waals surface area contributed by atoms with Crippen LogP contribution >= 0.6 is 15.9 Å². The van der Waals surface area contributed by atoms with Crippen molar-refractivity contribution in [3.8, 4) is 5.75 Å². The Morgan fingerprint density at radius 1 is 1.10 bits per heavy atom. The lowest BCUT2D eigenvalue weighted by molar-refractivity contribution is -0.0366. The van der Waals surface area contributed by atoms with Gasteiger partial charge in [0.1, 0.15) is 11.6 Å². The van der Waals surface area contributed by atoms with Crippen LogP contribution < -0.4 is 4.74 Å². The summed E-state index contributed by atoms with van der Waals surface area (Å²) in [7, 11) is 1.67. The third-order valence-electron chi connectivity index (χ3n) is 6.13. The van der Waals surface area contributed by atoms with Crippen molar-refractivity contribution in [1.29, 1.82) is 0 Å². The summed E-state index contributed by atoms with van der Waals surface area (Å²) in [6, 6.07) is 4.90. The van der Waals surface area contributed by atoms with E-state index in [-0.39, 0.29) is 10.6 Å². The van der Waals surface area contributed by atoms with Gasteiger partial charge in [0, 0.05) is 10.4 Å². The summed E-state index contributed by atoms with van der Waals surface area (Å²) in [5.74, 6) is 4.87. The molecule has 4 bridgehead atoms. The first-order valence-electron chi connectivity index (χ1n) is 8.13. The van der Waals surface area contributed by atoms with E-state index in [4.69, 9.17) is 4.74 Å². The number of hydrogen-bond donors (Lipinski definition) is 0. The Morgan fingerprint density at radius 2 is 1.71 bits per heavy atom. The molecule has 0 aliphatic heterocycles. The standard InChI is InChI=1S/C18H22BrFO/c1-21-16-3-2-14(20)9-15(16)18(19)17-12-5-10-4-11(7-12)8-13(17)6-10/h2-3,9-13,17-18H,4-8H2,1H3. The van der Waals surface area contributed by atoms with E-state index in [1.54, 1.807) is 19.2 Å². The van der Waals surface area contributed by atoms with Crippen LogP contribution in [0.4, 0.5) is 4.39 Å². The first kappa shape index (κ1) is 14.0. The lowest BCUT2D eigenvalue weighted by Gasteiger charge is -2.55.